The molecule has 266 valence electrons. The van der Waals surface area contributed by atoms with E-state index < -0.39 is 5.97 Å². The van der Waals surface area contributed by atoms with Crippen molar-refractivity contribution >= 4 is 80.3 Å². The van der Waals surface area contributed by atoms with Crippen LogP contribution >= 0.6 is 46.7 Å². The average molecular weight is 767 g/mol. The Morgan fingerprint density at radius 1 is 0.882 bits per heavy atom. The molecule has 0 aliphatic carbocycles. The second-order valence-corrected chi connectivity index (χ2v) is 15.0. The Morgan fingerprint density at radius 2 is 1.67 bits per heavy atom. The number of aromatic hydroxyl groups is 1. The van der Waals surface area contributed by atoms with Crippen molar-refractivity contribution in [1.82, 2.24) is 24.1 Å². The highest BCUT2D eigenvalue weighted by Crippen LogP contribution is 2.43. The van der Waals surface area contributed by atoms with Crippen molar-refractivity contribution in [2.24, 2.45) is 21.1 Å². The molecule has 0 unspecified atom stereocenters. The number of nitrogens with zero attached hydrogens (tertiary/aromatic N) is 5. The van der Waals surface area contributed by atoms with E-state index in [1.165, 1.54) is 14.2 Å². The molecule has 0 spiro atoms. The van der Waals surface area contributed by atoms with Gasteiger partial charge in [0.25, 0.3) is 0 Å². The summed E-state index contributed by atoms with van der Waals surface area (Å²) in [5.41, 5.74) is 7.29. The highest BCUT2D eigenvalue weighted by molar-refractivity contribution is 7.98. The minimum Gasteiger partial charge on any atom is -0.507 e. The fourth-order valence-corrected chi connectivity index (χ4v) is 8.69. The fourth-order valence-electron chi connectivity index (χ4n) is 6.43. The molecule has 51 heavy (non-hydrogen) atoms. The second kappa shape index (κ2) is 15.2. The number of aromatic nitrogens is 5. The Kier molecular flexibility index (Phi) is 11.0. The van der Waals surface area contributed by atoms with Crippen LogP contribution in [0.1, 0.15) is 45.2 Å². The summed E-state index contributed by atoms with van der Waals surface area (Å²) in [6.45, 7) is 2.00. The number of hydrogen-bond donors (Lipinski definition) is 1. The molecule has 6 rings (SSSR count). The number of benzene rings is 3. The number of ether oxygens (including phenoxy) is 2. The van der Waals surface area contributed by atoms with Crippen molar-refractivity contribution in [2.45, 2.75) is 41.9 Å². The van der Waals surface area contributed by atoms with Crippen LogP contribution in [0.15, 0.2) is 53.4 Å². The first-order valence-electron chi connectivity index (χ1n) is 16.0. The average Bonchev–Trinajstić information content (AvgIpc) is 3.71. The van der Waals surface area contributed by atoms with E-state index >= 15 is 0 Å². The van der Waals surface area contributed by atoms with Gasteiger partial charge in [-0.2, -0.15) is 10.2 Å². The first-order chi connectivity index (χ1) is 24.4. The SMILES string of the molecule is COC(=O)CCc1c(C(=O)OC)n(C)c2c(-c3c(CSCc4cc(CSc5cc(O)c6cc(Cl)ccc6c5)n(C)n4)nn(C)c3C)c(Cl)ccc12. The summed E-state index contributed by atoms with van der Waals surface area (Å²) < 4.78 is 15.6. The van der Waals surface area contributed by atoms with Crippen LogP contribution in [0.2, 0.25) is 10.0 Å². The van der Waals surface area contributed by atoms with Crippen LogP contribution in [-0.2, 0) is 59.1 Å². The maximum atomic E-state index is 13.1. The highest BCUT2D eigenvalue weighted by Gasteiger charge is 2.28. The zero-order chi connectivity index (χ0) is 36.6. The quantitative estimate of drug-likeness (QED) is 0.0969. The maximum Gasteiger partial charge on any atom is 0.354 e. The van der Waals surface area contributed by atoms with Crippen LogP contribution in [0.4, 0.5) is 0 Å². The number of fused-ring (bicyclic) bond motifs is 2. The summed E-state index contributed by atoms with van der Waals surface area (Å²) in [7, 11) is 8.34. The lowest BCUT2D eigenvalue weighted by Crippen LogP contribution is -2.11. The summed E-state index contributed by atoms with van der Waals surface area (Å²) in [5.74, 6) is 1.28. The summed E-state index contributed by atoms with van der Waals surface area (Å²) in [6.07, 6.45) is 0.414. The lowest BCUT2D eigenvalue weighted by molar-refractivity contribution is -0.140. The Balaban J connectivity index is 1.24. The van der Waals surface area contributed by atoms with Crippen molar-refractivity contribution in [3.8, 4) is 16.9 Å². The standard InChI is InChI=1S/C37H37Cl2N5O5S2/c1-20-33(34-29(39)11-9-26-27(10-12-32(46)48-5)36(37(47)49-6)42(2)35(26)34)30(41-43(20)3)19-50-17-23-15-24(44(4)40-23)18-51-25-13-21-7-8-22(38)14-28(21)31(45)16-25/h7-9,11,13-16,45H,10,12,17-19H2,1-6H3. The summed E-state index contributed by atoms with van der Waals surface area (Å²) in [5, 5.41) is 23.8. The van der Waals surface area contributed by atoms with Crippen LogP contribution in [0.25, 0.3) is 32.8 Å². The van der Waals surface area contributed by atoms with Gasteiger partial charge in [-0.3, -0.25) is 14.2 Å². The minimum absolute atomic E-state index is 0.113. The van der Waals surface area contributed by atoms with Gasteiger partial charge >= 0.3 is 11.9 Å². The number of halogens is 2. The monoisotopic (exact) mass is 765 g/mol. The number of carbonyl (C=O) groups is 2. The molecule has 1 N–H and O–H groups in total. The van der Waals surface area contributed by atoms with Gasteiger partial charge in [0.05, 0.1) is 36.1 Å². The van der Waals surface area contributed by atoms with Gasteiger partial charge in [-0.15, -0.1) is 23.5 Å². The number of methoxy groups -OCH3 is 2. The molecule has 0 radical (unpaired) electrons. The van der Waals surface area contributed by atoms with Crippen molar-refractivity contribution in [2.75, 3.05) is 14.2 Å². The van der Waals surface area contributed by atoms with Crippen molar-refractivity contribution in [3.63, 3.8) is 0 Å². The molecule has 14 heteroatoms. The lowest BCUT2D eigenvalue weighted by atomic mass is 9.98. The number of esters is 2. The largest absolute Gasteiger partial charge is 0.507 e. The molecular formula is C37H37Cl2N5O5S2. The zero-order valence-electron chi connectivity index (χ0n) is 29.0. The van der Waals surface area contributed by atoms with Crippen LogP contribution < -0.4 is 0 Å². The van der Waals surface area contributed by atoms with Crippen LogP contribution in [-0.4, -0.2) is 55.4 Å². The molecule has 0 saturated heterocycles. The van der Waals surface area contributed by atoms with E-state index in [9.17, 15) is 14.7 Å². The number of phenols is 1. The summed E-state index contributed by atoms with van der Waals surface area (Å²) >= 11 is 16.4. The van der Waals surface area contributed by atoms with Crippen LogP contribution in [0, 0.1) is 6.92 Å². The van der Waals surface area contributed by atoms with E-state index in [2.05, 4.69) is 12.1 Å². The molecule has 3 heterocycles. The third-order valence-corrected chi connectivity index (χ3v) is 11.6. The van der Waals surface area contributed by atoms with Crippen molar-refractivity contribution in [1.29, 1.82) is 0 Å². The molecule has 3 aromatic heterocycles. The molecule has 0 bridgehead atoms. The van der Waals surface area contributed by atoms with E-state index in [0.717, 1.165) is 60.5 Å². The van der Waals surface area contributed by atoms with Crippen molar-refractivity contribution in [3.05, 3.63) is 92.6 Å². The Hall–Kier alpha value is -4.10. The number of hydrogen-bond acceptors (Lipinski definition) is 9. The summed E-state index contributed by atoms with van der Waals surface area (Å²) in [4.78, 5) is 26.1. The minimum atomic E-state index is -0.497. The van der Waals surface area contributed by atoms with Gasteiger partial charge in [0.1, 0.15) is 11.4 Å². The number of carbonyl (C=O) groups excluding carboxylic acids is 2. The lowest BCUT2D eigenvalue weighted by Gasteiger charge is -2.11. The number of rotatable bonds is 12. The molecule has 6 aromatic rings. The molecule has 3 aromatic carbocycles. The Morgan fingerprint density at radius 3 is 2.41 bits per heavy atom. The van der Waals surface area contributed by atoms with Gasteiger partial charge in [0, 0.05) is 88.0 Å². The molecule has 0 saturated carbocycles. The molecule has 0 fully saturated rings. The topological polar surface area (TPSA) is 113 Å². The fraction of sp³-hybridized carbons (Fsp3) is 0.297. The van der Waals surface area contributed by atoms with Gasteiger partial charge in [-0.1, -0.05) is 35.3 Å². The van der Waals surface area contributed by atoms with E-state index in [-0.39, 0.29) is 18.1 Å². The van der Waals surface area contributed by atoms with Gasteiger partial charge in [-0.05, 0) is 60.7 Å². The molecular weight excluding hydrogens is 729 g/mol. The second-order valence-electron chi connectivity index (χ2n) is 12.1. The molecule has 0 atom stereocenters. The van der Waals surface area contributed by atoms with E-state index in [4.69, 9.17) is 42.9 Å². The van der Waals surface area contributed by atoms with Crippen LogP contribution in [0.5, 0.6) is 5.75 Å². The van der Waals surface area contributed by atoms with Crippen LogP contribution in [0.3, 0.4) is 0 Å². The zero-order valence-corrected chi connectivity index (χ0v) is 32.2. The predicted octanol–water partition coefficient (Wildman–Crippen LogP) is 8.40. The Labute approximate surface area is 314 Å². The first-order valence-corrected chi connectivity index (χ1v) is 18.9. The number of aryl methyl sites for hydroxylation is 4. The Bertz CT molecular complexity index is 2310. The molecule has 0 aliphatic rings. The number of thioether (sulfide) groups is 2. The highest BCUT2D eigenvalue weighted by atomic mass is 35.5. The molecule has 0 amide bonds. The third kappa shape index (κ3) is 7.32. The maximum absolute atomic E-state index is 13.1. The van der Waals surface area contributed by atoms with Crippen molar-refractivity contribution < 1.29 is 24.2 Å². The van der Waals surface area contributed by atoms with Gasteiger partial charge in [0.2, 0.25) is 0 Å². The third-order valence-electron chi connectivity index (χ3n) is 9.02. The predicted molar refractivity (Wildman–Crippen MR) is 205 cm³/mol. The molecule has 0 aliphatic heterocycles. The molecule has 10 nitrogen and oxygen atoms in total. The van der Waals surface area contributed by atoms with E-state index in [1.807, 2.05) is 61.7 Å². The van der Waals surface area contributed by atoms with Gasteiger partial charge in [0.15, 0.2) is 0 Å². The van der Waals surface area contributed by atoms with E-state index in [1.54, 1.807) is 40.2 Å². The van der Waals surface area contributed by atoms with Gasteiger partial charge in [-0.25, -0.2) is 4.79 Å². The normalized spacial score (nSPS) is 11.5. The van der Waals surface area contributed by atoms with Gasteiger partial charge < -0.3 is 19.1 Å². The van der Waals surface area contributed by atoms with E-state index in [0.29, 0.717) is 45.0 Å². The first kappa shape index (κ1) is 36.7. The smallest absolute Gasteiger partial charge is 0.354 e. The number of phenolic OH excluding ortho intramolecular Hbond substituents is 1. The summed E-state index contributed by atoms with van der Waals surface area (Å²) in [6, 6.07) is 15.1.